The highest BCUT2D eigenvalue weighted by Gasteiger charge is 2.23. The van der Waals surface area contributed by atoms with Crippen LogP contribution < -0.4 is 15.4 Å². The molecule has 0 radical (unpaired) electrons. The van der Waals surface area contributed by atoms with Gasteiger partial charge in [0.2, 0.25) is 0 Å². The Morgan fingerprint density at radius 3 is 2.48 bits per heavy atom. The van der Waals surface area contributed by atoms with Crippen LogP contribution in [0.1, 0.15) is 51.9 Å². The summed E-state index contributed by atoms with van der Waals surface area (Å²) >= 11 is 0. The standard InChI is InChI=1S/C23H27N3O5/c1-3-30-23(29)19-10-11-20(25-15(19)2)22(28)24-13-12-16-4-8-18(9-5-16)31-14-21(27)26-17-6-7-17/h4-5,8-11,17H,3,6-7,12-14H2,1-2H3,(H,24,28)(H,26,27). The lowest BCUT2D eigenvalue weighted by Gasteiger charge is -2.09. The summed E-state index contributed by atoms with van der Waals surface area (Å²) < 4.78 is 10.4. The molecule has 1 aromatic heterocycles. The SMILES string of the molecule is CCOC(=O)c1ccc(C(=O)NCCc2ccc(OCC(=O)NC3CC3)cc2)nc1C. The highest BCUT2D eigenvalue weighted by Crippen LogP contribution is 2.18. The maximum absolute atomic E-state index is 12.3. The number of benzene rings is 1. The molecule has 8 heteroatoms. The Hall–Kier alpha value is -3.42. The molecule has 2 aromatic rings. The molecule has 3 rings (SSSR count). The van der Waals surface area contributed by atoms with Crippen molar-refractivity contribution >= 4 is 17.8 Å². The molecule has 1 aliphatic rings. The number of hydrogen-bond acceptors (Lipinski definition) is 6. The third-order valence-electron chi connectivity index (χ3n) is 4.75. The fraction of sp³-hybridized carbons (Fsp3) is 0.391. The summed E-state index contributed by atoms with van der Waals surface area (Å²) in [6.45, 7) is 4.12. The second-order valence-electron chi connectivity index (χ2n) is 7.33. The fourth-order valence-corrected chi connectivity index (χ4v) is 2.92. The van der Waals surface area contributed by atoms with Crippen molar-refractivity contribution in [2.45, 2.75) is 39.2 Å². The van der Waals surface area contributed by atoms with Gasteiger partial charge in [-0.15, -0.1) is 0 Å². The number of ether oxygens (including phenoxy) is 2. The maximum Gasteiger partial charge on any atom is 0.339 e. The Morgan fingerprint density at radius 1 is 1.10 bits per heavy atom. The molecule has 1 heterocycles. The average Bonchev–Trinajstić information content (AvgIpc) is 3.57. The summed E-state index contributed by atoms with van der Waals surface area (Å²) in [6, 6.07) is 10.8. The summed E-state index contributed by atoms with van der Waals surface area (Å²) in [5, 5.41) is 5.70. The minimum absolute atomic E-state index is 0.00722. The molecule has 0 atom stereocenters. The van der Waals surface area contributed by atoms with E-state index in [-0.39, 0.29) is 30.7 Å². The average molecular weight is 425 g/mol. The van der Waals surface area contributed by atoms with Gasteiger partial charge in [0.15, 0.2) is 6.61 Å². The van der Waals surface area contributed by atoms with E-state index in [1.54, 1.807) is 32.0 Å². The normalized spacial score (nSPS) is 12.7. The van der Waals surface area contributed by atoms with E-state index in [0.29, 0.717) is 36.0 Å². The van der Waals surface area contributed by atoms with E-state index in [0.717, 1.165) is 18.4 Å². The van der Waals surface area contributed by atoms with Crippen LogP contribution in [0, 0.1) is 6.92 Å². The Labute approximate surface area is 181 Å². The number of amides is 2. The molecule has 2 amide bonds. The first-order valence-corrected chi connectivity index (χ1v) is 10.4. The van der Waals surface area contributed by atoms with Crippen LogP contribution in [0.4, 0.5) is 0 Å². The van der Waals surface area contributed by atoms with Gasteiger partial charge in [0, 0.05) is 12.6 Å². The number of esters is 1. The number of hydrogen-bond donors (Lipinski definition) is 2. The molecule has 1 saturated carbocycles. The van der Waals surface area contributed by atoms with E-state index in [2.05, 4.69) is 15.6 Å². The predicted molar refractivity (Wildman–Crippen MR) is 114 cm³/mol. The van der Waals surface area contributed by atoms with Crippen LogP contribution in [-0.2, 0) is 16.0 Å². The topological polar surface area (TPSA) is 107 Å². The number of carbonyl (C=O) groups excluding carboxylic acids is 3. The molecule has 2 N–H and O–H groups in total. The van der Waals surface area contributed by atoms with Crippen molar-refractivity contribution in [2.75, 3.05) is 19.8 Å². The lowest BCUT2D eigenvalue weighted by Crippen LogP contribution is -2.30. The Kier molecular flexibility index (Phi) is 7.59. The van der Waals surface area contributed by atoms with Crippen molar-refractivity contribution in [2.24, 2.45) is 0 Å². The zero-order valence-corrected chi connectivity index (χ0v) is 17.8. The second-order valence-corrected chi connectivity index (χ2v) is 7.33. The quantitative estimate of drug-likeness (QED) is 0.565. The van der Waals surface area contributed by atoms with E-state index >= 15 is 0 Å². The lowest BCUT2D eigenvalue weighted by atomic mass is 10.1. The maximum atomic E-state index is 12.3. The molecule has 0 unspecified atom stereocenters. The molecule has 0 spiro atoms. The molecule has 0 saturated heterocycles. The van der Waals surface area contributed by atoms with Crippen molar-refractivity contribution in [3.63, 3.8) is 0 Å². The van der Waals surface area contributed by atoms with Crippen molar-refractivity contribution in [3.8, 4) is 5.75 Å². The van der Waals surface area contributed by atoms with Crippen LogP contribution in [0.25, 0.3) is 0 Å². The predicted octanol–water partition coefficient (Wildman–Crippen LogP) is 2.20. The summed E-state index contributed by atoms with van der Waals surface area (Å²) in [4.78, 5) is 40.0. The molecule has 1 aliphatic carbocycles. The zero-order chi connectivity index (χ0) is 22.2. The molecule has 164 valence electrons. The molecule has 8 nitrogen and oxygen atoms in total. The Balaban J connectivity index is 1.43. The minimum atomic E-state index is -0.449. The monoisotopic (exact) mass is 425 g/mol. The first kappa shape index (κ1) is 22.3. The third kappa shape index (κ3) is 6.80. The van der Waals surface area contributed by atoms with Gasteiger partial charge in [0.1, 0.15) is 11.4 Å². The van der Waals surface area contributed by atoms with Crippen molar-refractivity contribution in [1.82, 2.24) is 15.6 Å². The van der Waals surface area contributed by atoms with Gasteiger partial charge in [-0.3, -0.25) is 9.59 Å². The highest BCUT2D eigenvalue weighted by atomic mass is 16.5. The van der Waals surface area contributed by atoms with Crippen LogP contribution in [0.15, 0.2) is 36.4 Å². The van der Waals surface area contributed by atoms with Crippen LogP contribution in [0.2, 0.25) is 0 Å². The molecular formula is C23H27N3O5. The number of aromatic nitrogens is 1. The van der Waals surface area contributed by atoms with Crippen LogP contribution in [0.3, 0.4) is 0 Å². The van der Waals surface area contributed by atoms with Gasteiger partial charge in [-0.25, -0.2) is 9.78 Å². The third-order valence-corrected chi connectivity index (χ3v) is 4.75. The molecule has 0 aliphatic heterocycles. The first-order valence-electron chi connectivity index (χ1n) is 10.4. The second kappa shape index (κ2) is 10.6. The number of carbonyl (C=O) groups is 3. The van der Waals surface area contributed by atoms with Crippen LogP contribution in [-0.4, -0.2) is 48.6 Å². The molecule has 1 fully saturated rings. The summed E-state index contributed by atoms with van der Waals surface area (Å²) in [7, 11) is 0. The molecular weight excluding hydrogens is 398 g/mol. The van der Waals surface area contributed by atoms with Gasteiger partial charge < -0.3 is 20.1 Å². The molecule has 31 heavy (non-hydrogen) atoms. The Morgan fingerprint density at radius 2 is 1.84 bits per heavy atom. The van der Waals surface area contributed by atoms with Crippen molar-refractivity contribution in [3.05, 3.63) is 58.9 Å². The van der Waals surface area contributed by atoms with E-state index in [9.17, 15) is 14.4 Å². The van der Waals surface area contributed by atoms with Gasteiger partial charge in [-0.05, 0) is 62.9 Å². The van der Waals surface area contributed by atoms with Crippen LogP contribution >= 0.6 is 0 Å². The van der Waals surface area contributed by atoms with Crippen molar-refractivity contribution in [1.29, 1.82) is 0 Å². The van der Waals surface area contributed by atoms with Crippen LogP contribution in [0.5, 0.6) is 5.75 Å². The smallest absolute Gasteiger partial charge is 0.339 e. The summed E-state index contributed by atoms with van der Waals surface area (Å²) in [5.41, 5.74) is 2.08. The minimum Gasteiger partial charge on any atom is -0.484 e. The first-order chi connectivity index (χ1) is 15.0. The lowest BCUT2D eigenvalue weighted by molar-refractivity contribution is -0.123. The van der Waals surface area contributed by atoms with Gasteiger partial charge >= 0.3 is 5.97 Å². The van der Waals surface area contributed by atoms with Crippen molar-refractivity contribution < 1.29 is 23.9 Å². The van der Waals surface area contributed by atoms with E-state index in [1.807, 2.05) is 12.1 Å². The fourth-order valence-electron chi connectivity index (χ4n) is 2.92. The van der Waals surface area contributed by atoms with Gasteiger partial charge in [-0.1, -0.05) is 12.1 Å². The summed E-state index contributed by atoms with van der Waals surface area (Å²) in [6.07, 6.45) is 2.73. The van der Waals surface area contributed by atoms with Gasteiger partial charge in [0.05, 0.1) is 17.9 Å². The van der Waals surface area contributed by atoms with E-state index in [4.69, 9.17) is 9.47 Å². The number of rotatable bonds is 10. The zero-order valence-electron chi connectivity index (χ0n) is 17.8. The number of nitrogens with zero attached hydrogens (tertiary/aromatic N) is 1. The largest absolute Gasteiger partial charge is 0.484 e. The van der Waals surface area contributed by atoms with Gasteiger partial charge in [0.25, 0.3) is 11.8 Å². The Bertz CT molecular complexity index is 939. The molecule has 0 bridgehead atoms. The van der Waals surface area contributed by atoms with Gasteiger partial charge in [-0.2, -0.15) is 0 Å². The van der Waals surface area contributed by atoms with E-state index in [1.165, 1.54) is 6.07 Å². The number of pyridine rings is 1. The molecule has 1 aromatic carbocycles. The van der Waals surface area contributed by atoms with E-state index < -0.39 is 5.97 Å². The highest BCUT2D eigenvalue weighted by molar-refractivity contribution is 5.95. The number of nitrogens with one attached hydrogen (secondary N) is 2. The number of aryl methyl sites for hydroxylation is 1. The summed E-state index contributed by atoms with van der Waals surface area (Å²) in [5.74, 6) is -0.232.